The summed E-state index contributed by atoms with van der Waals surface area (Å²) in [5.41, 5.74) is 3.19. The topological polar surface area (TPSA) is 56.3 Å². The Labute approximate surface area is 154 Å². The number of fused-ring (bicyclic) bond motifs is 1. The number of H-pyrrole nitrogens is 1. The number of aromatic amines is 1. The molecule has 2 N–H and O–H groups in total. The Balaban J connectivity index is 1.46. The number of anilines is 1. The zero-order valence-corrected chi connectivity index (χ0v) is 15.0. The third-order valence-electron chi connectivity index (χ3n) is 4.73. The van der Waals surface area contributed by atoms with Gasteiger partial charge in [0.05, 0.1) is 11.0 Å². The Hall–Kier alpha value is -2.82. The summed E-state index contributed by atoms with van der Waals surface area (Å²) in [7, 11) is 0. The molecule has 0 atom stereocenters. The molecular formula is C21H25N5. The molecule has 1 aliphatic heterocycles. The molecule has 134 valence electrons. The van der Waals surface area contributed by atoms with Gasteiger partial charge >= 0.3 is 0 Å². The van der Waals surface area contributed by atoms with Gasteiger partial charge in [0.25, 0.3) is 0 Å². The molecule has 4 rings (SSSR count). The summed E-state index contributed by atoms with van der Waals surface area (Å²) in [4.78, 5) is 15.3. The van der Waals surface area contributed by atoms with Gasteiger partial charge in [-0.1, -0.05) is 30.3 Å². The first-order chi connectivity index (χ1) is 12.9. The lowest BCUT2D eigenvalue weighted by Gasteiger charge is -2.30. The second kappa shape index (κ2) is 8.04. The van der Waals surface area contributed by atoms with Crippen molar-refractivity contribution < 1.29 is 0 Å². The van der Waals surface area contributed by atoms with Crippen LogP contribution in [0.5, 0.6) is 0 Å². The lowest BCUT2D eigenvalue weighted by molar-refractivity contribution is 0.340. The predicted octanol–water partition coefficient (Wildman–Crippen LogP) is 4.06. The van der Waals surface area contributed by atoms with Crippen molar-refractivity contribution in [2.75, 3.05) is 25.0 Å². The van der Waals surface area contributed by atoms with E-state index in [0.717, 1.165) is 48.0 Å². The Bertz CT molecular complexity index is 829. The quantitative estimate of drug-likeness (QED) is 0.553. The van der Waals surface area contributed by atoms with Crippen LogP contribution in [-0.4, -0.2) is 40.5 Å². The number of aromatic nitrogens is 2. The number of hydrogen-bond acceptors (Lipinski definition) is 2. The molecule has 0 saturated carbocycles. The first-order valence-corrected chi connectivity index (χ1v) is 9.43. The van der Waals surface area contributed by atoms with Gasteiger partial charge in [0.1, 0.15) is 5.82 Å². The van der Waals surface area contributed by atoms with Crippen LogP contribution in [0.15, 0.2) is 59.6 Å². The Kier molecular flexibility index (Phi) is 5.14. The summed E-state index contributed by atoms with van der Waals surface area (Å²) in [5.74, 6) is 1.97. The number of guanidine groups is 1. The highest BCUT2D eigenvalue weighted by molar-refractivity contribution is 5.93. The van der Waals surface area contributed by atoms with E-state index < -0.39 is 0 Å². The van der Waals surface area contributed by atoms with Gasteiger partial charge in [0.2, 0.25) is 0 Å². The van der Waals surface area contributed by atoms with Crippen molar-refractivity contribution in [2.45, 2.75) is 25.7 Å². The number of likely N-dealkylation sites (tertiary alicyclic amines) is 1. The normalized spacial score (nSPS) is 15.4. The third-order valence-corrected chi connectivity index (χ3v) is 4.73. The number of nitrogens with zero attached hydrogens (tertiary/aromatic N) is 3. The second-order valence-corrected chi connectivity index (χ2v) is 6.69. The molecule has 0 spiro atoms. The van der Waals surface area contributed by atoms with Crippen molar-refractivity contribution in [3.63, 3.8) is 0 Å². The average Bonchev–Trinajstić information content (AvgIpc) is 3.11. The zero-order chi connectivity index (χ0) is 17.6. The minimum absolute atomic E-state index is 0.714. The number of rotatable bonds is 4. The maximum Gasteiger partial charge on any atom is 0.198 e. The minimum atomic E-state index is 0.714. The van der Waals surface area contributed by atoms with Gasteiger partial charge < -0.3 is 15.2 Å². The van der Waals surface area contributed by atoms with Crippen molar-refractivity contribution in [1.29, 1.82) is 0 Å². The van der Waals surface area contributed by atoms with Gasteiger partial charge in [-0.2, -0.15) is 0 Å². The van der Waals surface area contributed by atoms with Crippen LogP contribution < -0.4 is 5.32 Å². The van der Waals surface area contributed by atoms with Gasteiger partial charge in [0.15, 0.2) is 5.96 Å². The summed E-state index contributed by atoms with van der Waals surface area (Å²) < 4.78 is 0. The molecule has 2 aromatic carbocycles. The smallest absolute Gasteiger partial charge is 0.198 e. The van der Waals surface area contributed by atoms with Gasteiger partial charge in [0, 0.05) is 31.7 Å². The fourth-order valence-corrected chi connectivity index (χ4v) is 3.37. The molecule has 26 heavy (non-hydrogen) atoms. The molecular weight excluding hydrogens is 322 g/mol. The van der Waals surface area contributed by atoms with Crippen LogP contribution >= 0.6 is 0 Å². The lowest BCUT2D eigenvalue weighted by atomic mass is 10.1. The number of hydrogen-bond donors (Lipinski definition) is 2. The molecule has 2 heterocycles. The van der Waals surface area contributed by atoms with Crippen LogP contribution in [0, 0.1) is 0 Å². The standard InChI is InChI=1S/C21H25N5/c1-3-9-17(10-4-1)23-21(26-15-7-2-8-16-26)22-14-13-20-24-18-11-5-6-12-19(18)25-20/h1,3-6,9-12H,2,7-8,13-16H2,(H,22,23)(H,24,25). The van der Waals surface area contributed by atoms with Crippen molar-refractivity contribution in [1.82, 2.24) is 14.9 Å². The van der Waals surface area contributed by atoms with E-state index in [-0.39, 0.29) is 0 Å². The Morgan fingerprint density at radius 2 is 1.77 bits per heavy atom. The highest BCUT2D eigenvalue weighted by Gasteiger charge is 2.15. The first-order valence-electron chi connectivity index (χ1n) is 9.43. The van der Waals surface area contributed by atoms with Crippen LogP contribution in [0.1, 0.15) is 25.1 Å². The highest BCUT2D eigenvalue weighted by Crippen LogP contribution is 2.14. The molecule has 0 radical (unpaired) electrons. The van der Waals surface area contributed by atoms with Crippen molar-refractivity contribution in [3.05, 3.63) is 60.4 Å². The summed E-state index contributed by atoms with van der Waals surface area (Å²) in [5, 5.41) is 3.51. The lowest BCUT2D eigenvalue weighted by Crippen LogP contribution is -2.40. The zero-order valence-electron chi connectivity index (χ0n) is 15.0. The van der Waals surface area contributed by atoms with Gasteiger partial charge in [-0.15, -0.1) is 0 Å². The molecule has 1 aliphatic rings. The largest absolute Gasteiger partial charge is 0.343 e. The summed E-state index contributed by atoms with van der Waals surface area (Å²) >= 11 is 0. The van der Waals surface area contributed by atoms with Crippen LogP contribution in [0.4, 0.5) is 5.69 Å². The Morgan fingerprint density at radius 1 is 1.00 bits per heavy atom. The summed E-state index contributed by atoms with van der Waals surface area (Å²) in [6, 6.07) is 18.4. The number of nitrogens with one attached hydrogen (secondary N) is 2. The number of aliphatic imine (C=N–C) groups is 1. The van der Waals surface area contributed by atoms with E-state index in [1.807, 2.05) is 36.4 Å². The molecule has 0 bridgehead atoms. The summed E-state index contributed by atoms with van der Waals surface area (Å²) in [6.07, 6.45) is 4.59. The predicted molar refractivity (Wildman–Crippen MR) is 108 cm³/mol. The van der Waals surface area contributed by atoms with Crippen LogP contribution in [0.3, 0.4) is 0 Å². The minimum Gasteiger partial charge on any atom is -0.343 e. The Morgan fingerprint density at radius 3 is 2.58 bits per heavy atom. The van der Waals surface area contributed by atoms with Gasteiger partial charge in [-0.3, -0.25) is 4.99 Å². The molecule has 5 heteroatoms. The van der Waals surface area contributed by atoms with Gasteiger partial charge in [-0.05, 0) is 43.5 Å². The van der Waals surface area contributed by atoms with Gasteiger partial charge in [-0.25, -0.2) is 4.98 Å². The average molecular weight is 347 g/mol. The highest BCUT2D eigenvalue weighted by atomic mass is 15.3. The number of piperidine rings is 1. The third kappa shape index (κ3) is 4.04. The number of benzene rings is 2. The SMILES string of the molecule is c1ccc(NC(=NCCc2nc3ccccc3[nH]2)N2CCCCC2)cc1. The molecule has 0 aliphatic carbocycles. The molecule has 0 amide bonds. The van der Waals surface area contributed by atoms with Crippen LogP contribution in [-0.2, 0) is 6.42 Å². The van der Waals surface area contributed by atoms with E-state index in [2.05, 4.69) is 38.4 Å². The second-order valence-electron chi connectivity index (χ2n) is 6.69. The van der Waals surface area contributed by atoms with Crippen molar-refractivity contribution in [2.24, 2.45) is 4.99 Å². The molecule has 5 nitrogen and oxygen atoms in total. The van der Waals surface area contributed by atoms with Crippen LogP contribution in [0.2, 0.25) is 0 Å². The van der Waals surface area contributed by atoms with Crippen molar-refractivity contribution >= 4 is 22.7 Å². The fraction of sp³-hybridized carbons (Fsp3) is 0.333. The number of imidazole rings is 1. The van der Waals surface area contributed by atoms with E-state index in [4.69, 9.17) is 4.99 Å². The van der Waals surface area contributed by atoms with E-state index in [1.165, 1.54) is 19.3 Å². The molecule has 1 fully saturated rings. The van der Waals surface area contributed by atoms with Crippen LogP contribution in [0.25, 0.3) is 11.0 Å². The molecule has 1 saturated heterocycles. The monoisotopic (exact) mass is 347 g/mol. The first kappa shape index (κ1) is 16.6. The molecule has 3 aromatic rings. The van der Waals surface area contributed by atoms with Crippen molar-refractivity contribution in [3.8, 4) is 0 Å². The fourth-order valence-electron chi connectivity index (χ4n) is 3.37. The molecule has 1 aromatic heterocycles. The maximum absolute atomic E-state index is 4.88. The summed E-state index contributed by atoms with van der Waals surface area (Å²) in [6.45, 7) is 2.86. The molecule has 0 unspecified atom stereocenters. The van der Waals surface area contributed by atoms with E-state index >= 15 is 0 Å². The van der Waals surface area contributed by atoms with E-state index in [9.17, 15) is 0 Å². The maximum atomic E-state index is 4.88. The van der Waals surface area contributed by atoms with E-state index in [1.54, 1.807) is 0 Å². The number of para-hydroxylation sites is 3. The van der Waals surface area contributed by atoms with E-state index in [0.29, 0.717) is 6.54 Å².